The molecule has 5 nitrogen and oxygen atoms in total. The number of hydrogen-bond acceptors (Lipinski definition) is 3. The Balaban J connectivity index is 1.79. The predicted molar refractivity (Wildman–Crippen MR) is 95.3 cm³/mol. The summed E-state index contributed by atoms with van der Waals surface area (Å²) in [5.41, 5.74) is 2.12. The van der Waals surface area contributed by atoms with Crippen molar-refractivity contribution in [1.29, 1.82) is 0 Å². The quantitative estimate of drug-likeness (QED) is 0.790. The van der Waals surface area contributed by atoms with Crippen molar-refractivity contribution in [3.8, 4) is 5.75 Å². The first-order valence-corrected chi connectivity index (χ1v) is 8.75. The van der Waals surface area contributed by atoms with Gasteiger partial charge in [0.2, 0.25) is 5.91 Å². The van der Waals surface area contributed by atoms with Crippen LogP contribution in [0.2, 0.25) is 0 Å². The lowest BCUT2D eigenvalue weighted by atomic mass is 9.97. The molecule has 134 valence electrons. The first-order chi connectivity index (χ1) is 12.5. The lowest BCUT2D eigenvalue weighted by Gasteiger charge is -2.14. The summed E-state index contributed by atoms with van der Waals surface area (Å²) in [4.78, 5) is 26.8. The third-order valence-corrected chi connectivity index (χ3v) is 4.89. The molecule has 26 heavy (non-hydrogen) atoms. The number of aromatic hydroxyl groups is 1. The molecule has 1 atom stereocenters. The van der Waals surface area contributed by atoms with E-state index in [2.05, 4.69) is 10.3 Å². The molecule has 1 saturated carbocycles. The maximum Gasteiger partial charge on any atom is 0.251 e. The zero-order valence-corrected chi connectivity index (χ0v) is 14.1. The van der Waals surface area contributed by atoms with Crippen LogP contribution in [-0.4, -0.2) is 22.0 Å². The Bertz CT molecular complexity index is 960. The highest BCUT2D eigenvalue weighted by Crippen LogP contribution is 2.38. The van der Waals surface area contributed by atoms with Crippen molar-refractivity contribution in [3.63, 3.8) is 0 Å². The highest BCUT2D eigenvalue weighted by Gasteiger charge is 2.27. The number of nitrogens with one attached hydrogen (secondary N) is 2. The van der Waals surface area contributed by atoms with Crippen molar-refractivity contribution in [2.24, 2.45) is 0 Å². The first kappa shape index (κ1) is 16.6. The van der Waals surface area contributed by atoms with E-state index in [1.54, 1.807) is 12.1 Å². The Morgan fingerprint density at radius 1 is 1.15 bits per heavy atom. The Labute approximate surface area is 149 Å². The van der Waals surface area contributed by atoms with Crippen LogP contribution in [0, 0.1) is 5.82 Å². The molecular weight excluding hydrogens is 335 g/mol. The Hall–Kier alpha value is -2.89. The molecule has 6 heteroatoms. The molecule has 1 aliphatic carbocycles. The number of phenols is 1. The number of aromatic nitrogens is 1. The average molecular weight is 354 g/mol. The van der Waals surface area contributed by atoms with Crippen molar-refractivity contribution in [2.45, 2.75) is 37.6 Å². The van der Waals surface area contributed by atoms with Gasteiger partial charge < -0.3 is 15.4 Å². The second kappa shape index (κ2) is 6.44. The molecule has 2 fully saturated rings. The largest absolute Gasteiger partial charge is 0.507 e. The fourth-order valence-electron chi connectivity index (χ4n) is 3.38. The SMILES string of the molecule is O=C1CC[C@H](/C=C(/c2ccc(C3CC3)c(=O)[nH]2)c2ccc(F)cc2O)N1. The zero-order valence-electron chi connectivity index (χ0n) is 14.1. The third-order valence-electron chi connectivity index (χ3n) is 4.89. The summed E-state index contributed by atoms with van der Waals surface area (Å²) in [6.07, 6.45) is 4.92. The fraction of sp³-hybridized carbons (Fsp3) is 0.300. The smallest absolute Gasteiger partial charge is 0.251 e. The molecule has 1 aliphatic heterocycles. The molecule has 1 aromatic heterocycles. The van der Waals surface area contributed by atoms with Gasteiger partial charge in [-0.2, -0.15) is 0 Å². The number of carbonyl (C=O) groups is 1. The number of aromatic amines is 1. The van der Waals surface area contributed by atoms with Crippen LogP contribution >= 0.6 is 0 Å². The van der Waals surface area contributed by atoms with Crippen LogP contribution in [0.3, 0.4) is 0 Å². The second-order valence-corrected chi connectivity index (χ2v) is 6.89. The number of hydrogen-bond donors (Lipinski definition) is 3. The monoisotopic (exact) mass is 354 g/mol. The Morgan fingerprint density at radius 2 is 1.96 bits per heavy atom. The van der Waals surface area contributed by atoms with Crippen LogP contribution < -0.4 is 10.9 Å². The number of carbonyl (C=O) groups excluding carboxylic acids is 1. The van der Waals surface area contributed by atoms with Crippen LogP contribution in [0.1, 0.15) is 48.4 Å². The molecule has 1 saturated heterocycles. The van der Waals surface area contributed by atoms with Gasteiger partial charge in [0.25, 0.3) is 5.56 Å². The van der Waals surface area contributed by atoms with Gasteiger partial charge in [0.15, 0.2) is 0 Å². The zero-order chi connectivity index (χ0) is 18.3. The molecule has 1 aromatic carbocycles. The Morgan fingerprint density at radius 3 is 2.58 bits per heavy atom. The topological polar surface area (TPSA) is 82.2 Å². The number of rotatable bonds is 4. The maximum absolute atomic E-state index is 13.4. The van der Waals surface area contributed by atoms with Crippen molar-refractivity contribution in [3.05, 3.63) is 69.4 Å². The van der Waals surface area contributed by atoms with Crippen molar-refractivity contribution < 1.29 is 14.3 Å². The molecule has 0 unspecified atom stereocenters. The van der Waals surface area contributed by atoms with Gasteiger partial charge in [-0.3, -0.25) is 9.59 Å². The van der Waals surface area contributed by atoms with Gasteiger partial charge in [-0.15, -0.1) is 0 Å². The number of H-pyrrole nitrogens is 1. The van der Waals surface area contributed by atoms with E-state index >= 15 is 0 Å². The number of pyridine rings is 1. The second-order valence-electron chi connectivity index (χ2n) is 6.89. The predicted octanol–water partition coefficient (Wildman–Crippen LogP) is 2.81. The van der Waals surface area contributed by atoms with E-state index in [4.69, 9.17) is 0 Å². The third kappa shape index (κ3) is 3.27. The minimum Gasteiger partial charge on any atom is -0.507 e. The number of halogens is 1. The van der Waals surface area contributed by atoms with Gasteiger partial charge in [0, 0.05) is 40.9 Å². The molecule has 4 rings (SSSR count). The summed E-state index contributed by atoms with van der Waals surface area (Å²) >= 11 is 0. The number of amides is 1. The molecule has 2 aromatic rings. The van der Waals surface area contributed by atoms with Gasteiger partial charge >= 0.3 is 0 Å². The van der Waals surface area contributed by atoms with E-state index in [1.807, 2.05) is 6.07 Å². The molecule has 2 heterocycles. The van der Waals surface area contributed by atoms with Gasteiger partial charge in [-0.1, -0.05) is 12.1 Å². The first-order valence-electron chi connectivity index (χ1n) is 8.75. The van der Waals surface area contributed by atoms with Crippen molar-refractivity contribution >= 4 is 11.5 Å². The minimum absolute atomic E-state index is 0.0356. The standard InChI is InChI=1S/C20H19FN2O3/c21-12-3-5-15(18(24)9-12)16(10-13-4-8-19(25)22-13)17-7-6-14(11-1-2-11)20(26)23-17/h3,5-7,9-11,13,24H,1-2,4,8H2,(H,22,25)(H,23,26)/b16-10+/t13-/m1/s1. The Kier molecular flexibility index (Phi) is 4.11. The van der Waals surface area contributed by atoms with Gasteiger partial charge in [-0.25, -0.2) is 4.39 Å². The van der Waals surface area contributed by atoms with Crippen LogP contribution in [-0.2, 0) is 4.79 Å². The minimum atomic E-state index is -0.544. The molecule has 1 amide bonds. The maximum atomic E-state index is 13.4. The van der Waals surface area contributed by atoms with E-state index in [0.29, 0.717) is 35.6 Å². The summed E-state index contributed by atoms with van der Waals surface area (Å²) in [6, 6.07) is 7.18. The van der Waals surface area contributed by atoms with Crippen LogP contribution in [0.4, 0.5) is 4.39 Å². The van der Waals surface area contributed by atoms with E-state index < -0.39 is 5.82 Å². The summed E-state index contributed by atoms with van der Waals surface area (Å²) < 4.78 is 13.4. The number of phenolic OH excluding ortho intramolecular Hbond substituents is 1. The summed E-state index contributed by atoms with van der Waals surface area (Å²) in [7, 11) is 0. The average Bonchev–Trinajstić information content (AvgIpc) is 3.35. The number of benzene rings is 1. The highest BCUT2D eigenvalue weighted by molar-refractivity contribution is 5.84. The summed E-state index contributed by atoms with van der Waals surface area (Å²) in [5.74, 6) is -0.467. The lowest BCUT2D eigenvalue weighted by molar-refractivity contribution is -0.119. The molecule has 0 radical (unpaired) electrons. The van der Waals surface area contributed by atoms with Crippen LogP contribution in [0.5, 0.6) is 5.75 Å². The lowest BCUT2D eigenvalue weighted by Crippen LogP contribution is -2.23. The van der Waals surface area contributed by atoms with Crippen LogP contribution in [0.15, 0.2) is 41.2 Å². The van der Waals surface area contributed by atoms with E-state index in [9.17, 15) is 19.1 Å². The fourth-order valence-corrected chi connectivity index (χ4v) is 3.38. The van der Waals surface area contributed by atoms with E-state index in [-0.39, 0.29) is 23.3 Å². The van der Waals surface area contributed by atoms with Gasteiger partial charge in [0.1, 0.15) is 11.6 Å². The summed E-state index contributed by atoms with van der Waals surface area (Å²) in [5, 5.41) is 13.1. The molecule has 0 spiro atoms. The van der Waals surface area contributed by atoms with Gasteiger partial charge in [0.05, 0.1) is 0 Å². The molecule has 0 bridgehead atoms. The van der Waals surface area contributed by atoms with Crippen molar-refractivity contribution in [1.82, 2.24) is 10.3 Å². The highest BCUT2D eigenvalue weighted by atomic mass is 19.1. The van der Waals surface area contributed by atoms with E-state index in [0.717, 1.165) is 24.5 Å². The normalized spacial score (nSPS) is 20.3. The van der Waals surface area contributed by atoms with Gasteiger partial charge in [-0.05, 0) is 43.4 Å². The van der Waals surface area contributed by atoms with Crippen LogP contribution in [0.25, 0.3) is 5.57 Å². The van der Waals surface area contributed by atoms with E-state index in [1.165, 1.54) is 12.1 Å². The molecular formula is C20H19FN2O3. The molecule has 2 aliphatic rings. The molecule has 3 N–H and O–H groups in total. The van der Waals surface area contributed by atoms with Crippen molar-refractivity contribution in [2.75, 3.05) is 0 Å². The summed E-state index contributed by atoms with van der Waals surface area (Å²) in [6.45, 7) is 0.